The third-order valence-electron chi connectivity index (χ3n) is 2.33. The van der Waals surface area contributed by atoms with Gasteiger partial charge in [0.25, 0.3) is 0 Å². The Balaban J connectivity index is 4.81. The molecule has 0 heterocycles. The molecular weight excluding hydrogens is 168 g/mol. The van der Waals surface area contributed by atoms with Gasteiger partial charge in [-0.25, -0.2) is 0 Å². The minimum Gasteiger partial charge on any atom is -0.311 e. The molecule has 0 fully saturated rings. The zero-order valence-corrected chi connectivity index (χ0v) is 8.38. The third-order valence-corrected chi connectivity index (χ3v) is 2.33. The largest absolute Gasteiger partial charge is 0.311 e. The highest BCUT2D eigenvalue weighted by Gasteiger charge is 2.49. The van der Waals surface area contributed by atoms with E-state index in [-0.39, 0.29) is 0 Å². The van der Waals surface area contributed by atoms with Crippen LogP contribution in [0.5, 0.6) is 0 Å². The first-order valence-electron chi connectivity index (χ1n) is 4.29. The molecule has 0 saturated carbocycles. The fourth-order valence-corrected chi connectivity index (χ4v) is 1.12. The van der Waals surface area contributed by atoms with E-state index >= 15 is 0 Å². The Kier molecular flexibility index (Phi) is 3.42. The van der Waals surface area contributed by atoms with Crippen LogP contribution in [0.25, 0.3) is 0 Å². The maximum absolute atomic E-state index is 5.76. The number of hydrogen-bond donors (Lipinski definition) is 6. The lowest BCUT2D eigenvalue weighted by atomic mass is 9.82. The van der Waals surface area contributed by atoms with E-state index < -0.39 is 17.0 Å². The summed E-state index contributed by atoms with van der Waals surface area (Å²) in [4.78, 5) is 0. The van der Waals surface area contributed by atoms with E-state index in [4.69, 9.17) is 34.4 Å². The van der Waals surface area contributed by atoms with Crippen LogP contribution >= 0.6 is 0 Å². The molecule has 80 valence electrons. The Morgan fingerprint density at radius 2 is 1.31 bits per heavy atom. The van der Waals surface area contributed by atoms with E-state index in [2.05, 4.69) is 0 Å². The summed E-state index contributed by atoms with van der Waals surface area (Å²) < 4.78 is 0. The van der Waals surface area contributed by atoms with Crippen LogP contribution in [-0.4, -0.2) is 17.0 Å². The lowest BCUT2D eigenvalue weighted by Gasteiger charge is -2.48. The predicted molar refractivity (Wildman–Crippen MR) is 53.9 cm³/mol. The van der Waals surface area contributed by atoms with Crippen LogP contribution in [0.1, 0.15) is 26.7 Å². The summed E-state index contributed by atoms with van der Waals surface area (Å²) in [7, 11) is 0. The van der Waals surface area contributed by atoms with Crippen LogP contribution < -0.4 is 34.4 Å². The highest BCUT2D eigenvalue weighted by Crippen LogP contribution is 2.18. The van der Waals surface area contributed by atoms with E-state index in [0.29, 0.717) is 6.42 Å². The maximum atomic E-state index is 5.76. The fourth-order valence-electron chi connectivity index (χ4n) is 1.12. The van der Waals surface area contributed by atoms with Crippen LogP contribution in [-0.2, 0) is 0 Å². The first-order chi connectivity index (χ1) is 5.56. The summed E-state index contributed by atoms with van der Waals surface area (Å²) in [6.45, 7) is 3.42. The lowest BCUT2D eigenvalue weighted by molar-refractivity contribution is 0.124. The van der Waals surface area contributed by atoms with Gasteiger partial charge in [-0.2, -0.15) is 0 Å². The molecule has 12 N–H and O–H groups in total. The van der Waals surface area contributed by atoms with Crippen LogP contribution in [0, 0.1) is 0 Å². The van der Waals surface area contributed by atoms with E-state index in [0.717, 1.165) is 6.42 Å². The van der Waals surface area contributed by atoms with E-state index in [9.17, 15) is 0 Å². The van der Waals surface area contributed by atoms with Gasteiger partial charge in [0, 0.05) is 0 Å². The second kappa shape index (κ2) is 3.49. The summed E-state index contributed by atoms with van der Waals surface area (Å²) in [5.74, 6) is 0. The SMILES string of the molecule is CCCC(N)(N)C(N)(N)C(C)(N)N. The van der Waals surface area contributed by atoms with Gasteiger partial charge in [0.05, 0.1) is 11.3 Å². The average Bonchev–Trinajstić information content (AvgIpc) is 1.84. The topological polar surface area (TPSA) is 156 Å². The Bertz CT molecular complexity index is 168. The quantitative estimate of drug-likeness (QED) is 0.272. The average molecular weight is 190 g/mol. The molecule has 0 aromatic heterocycles. The molecule has 0 atom stereocenters. The summed E-state index contributed by atoms with van der Waals surface area (Å²) in [5.41, 5.74) is 30.1. The summed E-state index contributed by atoms with van der Waals surface area (Å²) in [5, 5.41) is 0. The highest BCUT2D eigenvalue weighted by molar-refractivity contribution is 5.09. The molecular formula is C7H22N6. The summed E-state index contributed by atoms with van der Waals surface area (Å²) in [6, 6.07) is 0. The Labute approximate surface area is 79.0 Å². The van der Waals surface area contributed by atoms with Crippen molar-refractivity contribution in [3.05, 3.63) is 0 Å². The van der Waals surface area contributed by atoms with Gasteiger partial charge in [0.15, 0.2) is 0 Å². The molecule has 0 radical (unpaired) electrons. The molecule has 0 aliphatic heterocycles. The van der Waals surface area contributed by atoms with Gasteiger partial charge < -0.3 is 34.4 Å². The summed E-state index contributed by atoms with van der Waals surface area (Å²) in [6.07, 6.45) is 1.23. The number of rotatable bonds is 4. The first kappa shape index (κ1) is 12.8. The fraction of sp³-hybridized carbons (Fsp3) is 1.00. The molecule has 13 heavy (non-hydrogen) atoms. The van der Waals surface area contributed by atoms with Crippen LogP contribution in [0.2, 0.25) is 0 Å². The van der Waals surface area contributed by atoms with E-state index in [1.54, 1.807) is 0 Å². The number of nitrogens with two attached hydrogens (primary N) is 6. The zero-order chi connectivity index (χ0) is 10.9. The summed E-state index contributed by atoms with van der Waals surface area (Å²) >= 11 is 0. The van der Waals surface area contributed by atoms with Crippen molar-refractivity contribution in [3.8, 4) is 0 Å². The second-order valence-electron chi connectivity index (χ2n) is 3.94. The third kappa shape index (κ3) is 2.37. The molecule has 0 aliphatic rings. The van der Waals surface area contributed by atoms with Crippen molar-refractivity contribution in [2.75, 3.05) is 0 Å². The Hall–Kier alpha value is -0.240. The van der Waals surface area contributed by atoms with Crippen molar-refractivity contribution >= 4 is 0 Å². The van der Waals surface area contributed by atoms with Gasteiger partial charge >= 0.3 is 0 Å². The molecule has 6 heteroatoms. The molecule has 0 amide bonds. The smallest absolute Gasteiger partial charge is 0.127 e. The van der Waals surface area contributed by atoms with Crippen molar-refractivity contribution in [3.63, 3.8) is 0 Å². The van der Waals surface area contributed by atoms with Crippen LogP contribution in [0.4, 0.5) is 0 Å². The van der Waals surface area contributed by atoms with Crippen molar-refractivity contribution in [2.24, 2.45) is 34.4 Å². The molecule has 0 rings (SSSR count). The lowest BCUT2D eigenvalue weighted by Crippen LogP contribution is -2.88. The monoisotopic (exact) mass is 190 g/mol. The Morgan fingerprint density at radius 1 is 0.923 bits per heavy atom. The van der Waals surface area contributed by atoms with Crippen molar-refractivity contribution < 1.29 is 0 Å². The maximum Gasteiger partial charge on any atom is 0.127 e. The van der Waals surface area contributed by atoms with Crippen LogP contribution in [0.15, 0.2) is 0 Å². The van der Waals surface area contributed by atoms with Gasteiger partial charge in [-0.15, -0.1) is 0 Å². The molecule has 0 aromatic carbocycles. The second-order valence-corrected chi connectivity index (χ2v) is 3.94. The number of hydrogen-bond acceptors (Lipinski definition) is 6. The van der Waals surface area contributed by atoms with Crippen molar-refractivity contribution in [1.29, 1.82) is 0 Å². The van der Waals surface area contributed by atoms with Gasteiger partial charge in [0.1, 0.15) is 5.66 Å². The van der Waals surface area contributed by atoms with Crippen molar-refractivity contribution in [2.45, 2.75) is 43.7 Å². The molecule has 0 aromatic rings. The van der Waals surface area contributed by atoms with Crippen molar-refractivity contribution in [1.82, 2.24) is 0 Å². The van der Waals surface area contributed by atoms with Gasteiger partial charge in [-0.1, -0.05) is 13.3 Å². The van der Waals surface area contributed by atoms with Gasteiger partial charge in [0.2, 0.25) is 0 Å². The zero-order valence-electron chi connectivity index (χ0n) is 8.38. The van der Waals surface area contributed by atoms with Crippen LogP contribution in [0.3, 0.4) is 0 Å². The minimum absolute atomic E-state index is 0.462. The molecule has 6 nitrogen and oxygen atoms in total. The standard InChI is InChI=1S/C7H22N6/c1-3-4-6(10,11)7(12,13)5(2,8)9/h3-4,8-13H2,1-2H3. The Morgan fingerprint density at radius 3 is 1.54 bits per heavy atom. The van der Waals surface area contributed by atoms with Gasteiger partial charge in [-0.3, -0.25) is 0 Å². The molecule has 0 aliphatic carbocycles. The predicted octanol–water partition coefficient (Wildman–Crippen LogP) is -2.35. The molecule has 0 spiro atoms. The highest BCUT2D eigenvalue weighted by atomic mass is 15.2. The van der Waals surface area contributed by atoms with E-state index in [1.807, 2.05) is 6.92 Å². The van der Waals surface area contributed by atoms with E-state index in [1.165, 1.54) is 6.92 Å². The normalized spacial score (nSPS) is 14.8. The van der Waals surface area contributed by atoms with Gasteiger partial charge in [-0.05, 0) is 13.3 Å². The minimum atomic E-state index is -1.50. The first-order valence-corrected chi connectivity index (χ1v) is 4.29. The molecule has 0 unspecified atom stereocenters. The molecule has 0 saturated heterocycles. The molecule has 0 bridgehead atoms.